The van der Waals surface area contributed by atoms with Gasteiger partial charge in [-0.2, -0.15) is 0 Å². The number of nitrogens with zero attached hydrogens (tertiary/aromatic N) is 1. The molecule has 0 bridgehead atoms. The number of anilines is 2. The van der Waals surface area contributed by atoms with Crippen molar-refractivity contribution in [1.82, 2.24) is 10.6 Å². The molecule has 160 valence electrons. The minimum atomic E-state index is -0.405. The lowest BCUT2D eigenvalue weighted by Crippen LogP contribution is -2.47. The second-order valence-corrected chi connectivity index (χ2v) is 8.75. The SMILES string of the molecule is O=C1CN(c2ccc(NC(=O)CNC(=O)c3sc4ccccc4c3Cl)cc2Cl)CCN1. The summed E-state index contributed by atoms with van der Waals surface area (Å²) in [6.07, 6.45) is 0. The highest BCUT2D eigenvalue weighted by molar-refractivity contribution is 7.21. The van der Waals surface area contributed by atoms with Gasteiger partial charge in [-0.1, -0.05) is 41.4 Å². The fourth-order valence-electron chi connectivity index (χ4n) is 3.29. The number of rotatable bonds is 5. The van der Waals surface area contributed by atoms with Crippen molar-refractivity contribution in [2.75, 3.05) is 36.4 Å². The number of halogens is 2. The van der Waals surface area contributed by atoms with Crippen LogP contribution in [0, 0.1) is 0 Å². The smallest absolute Gasteiger partial charge is 0.263 e. The Labute approximate surface area is 192 Å². The molecule has 0 saturated carbocycles. The molecule has 0 radical (unpaired) electrons. The van der Waals surface area contributed by atoms with Crippen LogP contribution in [0.4, 0.5) is 11.4 Å². The largest absolute Gasteiger partial charge is 0.359 e. The van der Waals surface area contributed by atoms with Crippen LogP contribution >= 0.6 is 34.5 Å². The van der Waals surface area contributed by atoms with Crippen LogP contribution in [0.15, 0.2) is 42.5 Å². The van der Waals surface area contributed by atoms with Crippen LogP contribution in [0.25, 0.3) is 10.1 Å². The molecule has 3 N–H and O–H groups in total. The first-order valence-corrected chi connectivity index (χ1v) is 11.1. The maximum absolute atomic E-state index is 12.5. The van der Waals surface area contributed by atoms with E-state index in [2.05, 4.69) is 16.0 Å². The number of piperazine rings is 1. The molecule has 1 saturated heterocycles. The fraction of sp³-hybridized carbons (Fsp3) is 0.190. The topological polar surface area (TPSA) is 90.5 Å². The van der Waals surface area contributed by atoms with Gasteiger partial charge in [0.25, 0.3) is 5.91 Å². The Morgan fingerprint density at radius 3 is 2.71 bits per heavy atom. The Hall–Kier alpha value is -2.81. The molecule has 7 nitrogen and oxygen atoms in total. The molecule has 1 fully saturated rings. The van der Waals surface area contributed by atoms with Crippen molar-refractivity contribution in [2.24, 2.45) is 0 Å². The van der Waals surface area contributed by atoms with Crippen molar-refractivity contribution in [2.45, 2.75) is 0 Å². The van der Waals surface area contributed by atoms with E-state index in [1.165, 1.54) is 11.3 Å². The van der Waals surface area contributed by atoms with E-state index >= 15 is 0 Å². The van der Waals surface area contributed by atoms with E-state index in [0.29, 0.717) is 33.7 Å². The van der Waals surface area contributed by atoms with Crippen molar-refractivity contribution in [1.29, 1.82) is 0 Å². The van der Waals surface area contributed by atoms with Crippen molar-refractivity contribution < 1.29 is 14.4 Å². The Morgan fingerprint density at radius 2 is 1.97 bits per heavy atom. The van der Waals surface area contributed by atoms with Gasteiger partial charge in [-0.3, -0.25) is 14.4 Å². The lowest BCUT2D eigenvalue weighted by Gasteiger charge is -2.29. The number of hydrogen-bond donors (Lipinski definition) is 3. The van der Waals surface area contributed by atoms with Gasteiger partial charge in [-0.15, -0.1) is 11.3 Å². The lowest BCUT2D eigenvalue weighted by molar-refractivity contribution is -0.120. The lowest BCUT2D eigenvalue weighted by atomic mass is 10.2. The van der Waals surface area contributed by atoms with Crippen molar-refractivity contribution in [3.8, 4) is 0 Å². The zero-order valence-corrected chi connectivity index (χ0v) is 18.5. The van der Waals surface area contributed by atoms with E-state index in [4.69, 9.17) is 23.2 Å². The van der Waals surface area contributed by atoms with E-state index in [1.807, 2.05) is 29.2 Å². The molecular weight excluding hydrogens is 459 g/mol. The van der Waals surface area contributed by atoms with E-state index in [9.17, 15) is 14.4 Å². The van der Waals surface area contributed by atoms with Gasteiger partial charge in [0, 0.05) is 28.9 Å². The third-order valence-electron chi connectivity index (χ3n) is 4.76. The monoisotopic (exact) mass is 476 g/mol. The molecule has 3 aromatic rings. The minimum absolute atomic E-state index is 0.0609. The summed E-state index contributed by atoms with van der Waals surface area (Å²) in [6, 6.07) is 12.5. The molecule has 10 heteroatoms. The minimum Gasteiger partial charge on any atom is -0.359 e. The average molecular weight is 477 g/mol. The quantitative estimate of drug-likeness (QED) is 0.525. The normalized spacial score (nSPS) is 13.7. The van der Waals surface area contributed by atoms with Gasteiger partial charge in [0.15, 0.2) is 0 Å². The van der Waals surface area contributed by atoms with Crippen LogP contribution in [0.1, 0.15) is 9.67 Å². The standard InChI is InChI=1S/C21H18Cl2N4O3S/c22-14-9-12(5-6-15(14)27-8-7-24-18(29)11-27)26-17(28)10-25-21(30)20-19(23)13-3-1-2-4-16(13)31-20/h1-6,9H,7-8,10-11H2,(H,24,29)(H,25,30)(H,26,28). The fourth-order valence-corrected chi connectivity index (χ4v) is 5.02. The summed E-state index contributed by atoms with van der Waals surface area (Å²) in [7, 11) is 0. The molecule has 3 amide bonds. The number of carbonyl (C=O) groups excluding carboxylic acids is 3. The van der Waals surface area contributed by atoms with Gasteiger partial charge in [0.05, 0.1) is 28.8 Å². The van der Waals surface area contributed by atoms with Gasteiger partial charge >= 0.3 is 0 Å². The molecule has 2 aromatic carbocycles. The van der Waals surface area contributed by atoms with Crippen LogP contribution in [0.3, 0.4) is 0 Å². The molecule has 1 aromatic heterocycles. The zero-order chi connectivity index (χ0) is 22.0. The summed E-state index contributed by atoms with van der Waals surface area (Å²) in [5.41, 5.74) is 1.22. The summed E-state index contributed by atoms with van der Waals surface area (Å²) in [5.74, 6) is -0.862. The van der Waals surface area contributed by atoms with Gasteiger partial charge in [0.1, 0.15) is 4.88 Å². The zero-order valence-electron chi connectivity index (χ0n) is 16.2. The Morgan fingerprint density at radius 1 is 1.16 bits per heavy atom. The first-order chi connectivity index (χ1) is 14.9. The predicted octanol–water partition coefficient (Wildman–Crippen LogP) is 3.51. The maximum atomic E-state index is 12.5. The number of carbonyl (C=O) groups is 3. The van der Waals surface area contributed by atoms with Gasteiger partial charge in [-0.05, 0) is 24.3 Å². The van der Waals surface area contributed by atoms with E-state index in [1.54, 1.807) is 18.2 Å². The summed E-state index contributed by atoms with van der Waals surface area (Å²) < 4.78 is 0.906. The Kier molecular flexibility index (Phi) is 6.31. The van der Waals surface area contributed by atoms with Crippen LogP contribution in [-0.4, -0.2) is 43.9 Å². The summed E-state index contributed by atoms with van der Waals surface area (Å²) >= 11 is 13.9. The second kappa shape index (κ2) is 9.13. The second-order valence-electron chi connectivity index (χ2n) is 6.91. The van der Waals surface area contributed by atoms with E-state index in [0.717, 1.165) is 15.8 Å². The van der Waals surface area contributed by atoms with Gasteiger partial charge < -0.3 is 20.9 Å². The Balaban J connectivity index is 1.36. The van der Waals surface area contributed by atoms with E-state index < -0.39 is 11.8 Å². The van der Waals surface area contributed by atoms with Gasteiger partial charge in [-0.25, -0.2) is 0 Å². The van der Waals surface area contributed by atoms with E-state index in [-0.39, 0.29) is 19.0 Å². The number of nitrogens with one attached hydrogen (secondary N) is 3. The summed E-state index contributed by atoms with van der Waals surface area (Å²) in [6.45, 7) is 1.23. The third-order valence-corrected chi connectivity index (χ3v) is 6.74. The van der Waals surface area contributed by atoms with Crippen LogP contribution in [0.2, 0.25) is 10.0 Å². The molecular formula is C21H18Cl2N4O3S. The molecule has 4 rings (SSSR count). The predicted molar refractivity (Wildman–Crippen MR) is 124 cm³/mol. The first-order valence-electron chi connectivity index (χ1n) is 9.48. The third kappa shape index (κ3) is 4.76. The summed E-state index contributed by atoms with van der Waals surface area (Å²) in [4.78, 5) is 38.6. The number of thiophene rings is 1. The van der Waals surface area contributed by atoms with Crippen LogP contribution in [-0.2, 0) is 9.59 Å². The Bertz CT molecular complexity index is 1180. The first kappa shape index (κ1) is 21.4. The average Bonchev–Trinajstić information content (AvgIpc) is 3.09. The van der Waals surface area contributed by atoms with Crippen LogP contribution in [0.5, 0.6) is 0 Å². The highest BCUT2D eigenvalue weighted by atomic mass is 35.5. The molecule has 0 aliphatic carbocycles. The van der Waals surface area contributed by atoms with Gasteiger partial charge in [0.2, 0.25) is 11.8 Å². The molecule has 31 heavy (non-hydrogen) atoms. The van der Waals surface area contributed by atoms with Crippen molar-refractivity contribution >= 4 is 73.7 Å². The highest BCUT2D eigenvalue weighted by Gasteiger charge is 2.20. The molecule has 2 heterocycles. The number of hydrogen-bond acceptors (Lipinski definition) is 5. The number of fused-ring (bicyclic) bond motifs is 1. The highest BCUT2D eigenvalue weighted by Crippen LogP contribution is 2.35. The maximum Gasteiger partial charge on any atom is 0.263 e. The summed E-state index contributed by atoms with van der Waals surface area (Å²) in [5, 5.41) is 9.67. The number of amides is 3. The van der Waals surface area contributed by atoms with Crippen molar-refractivity contribution in [3.05, 3.63) is 57.4 Å². The molecule has 0 unspecified atom stereocenters. The molecule has 0 spiro atoms. The molecule has 1 aliphatic rings. The van der Waals surface area contributed by atoms with Crippen LogP contribution < -0.4 is 20.9 Å². The van der Waals surface area contributed by atoms with Crippen molar-refractivity contribution in [3.63, 3.8) is 0 Å². The molecule has 0 atom stereocenters. The molecule has 1 aliphatic heterocycles. The number of benzene rings is 2.